The lowest BCUT2D eigenvalue weighted by Gasteiger charge is -2.26. The molecule has 0 spiro atoms. The summed E-state index contributed by atoms with van der Waals surface area (Å²) in [5.41, 5.74) is 3.07. The monoisotopic (exact) mass is 448 g/mol. The Bertz CT molecular complexity index is 1060. The first-order valence-corrected chi connectivity index (χ1v) is 12.0. The summed E-state index contributed by atoms with van der Waals surface area (Å²) >= 11 is 0. The van der Waals surface area contributed by atoms with Crippen molar-refractivity contribution < 1.29 is 23.8 Å². The van der Waals surface area contributed by atoms with Gasteiger partial charge in [0.15, 0.2) is 5.76 Å². The molecular formula is C28H32O5. The van der Waals surface area contributed by atoms with E-state index in [9.17, 15) is 9.59 Å². The number of carbonyl (C=O) groups is 2. The van der Waals surface area contributed by atoms with Crippen LogP contribution >= 0.6 is 0 Å². The molecule has 4 rings (SSSR count). The summed E-state index contributed by atoms with van der Waals surface area (Å²) in [7, 11) is 0. The number of rotatable bonds is 9. The van der Waals surface area contributed by atoms with Crippen LogP contribution in [0.2, 0.25) is 0 Å². The molecule has 1 atom stereocenters. The molecule has 5 heteroatoms. The lowest BCUT2D eigenvalue weighted by atomic mass is 9.84. The lowest BCUT2D eigenvalue weighted by Crippen LogP contribution is -2.21. The van der Waals surface area contributed by atoms with E-state index in [2.05, 4.69) is 6.92 Å². The average Bonchev–Trinajstić information content (AvgIpc) is 3.15. The van der Waals surface area contributed by atoms with Gasteiger partial charge in [0.25, 0.3) is 0 Å². The second-order valence-corrected chi connectivity index (χ2v) is 9.03. The molecule has 2 aliphatic rings. The molecule has 0 unspecified atom stereocenters. The van der Waals surface area contributed by atoms with Gasteiger partial charge in [-0.25, -0.2) is 0 Å². The summed E-state index contributed by atoms with van der Waals surface area (Å²) in [5.74, 6) is 1.49. The molecule has 0 aromatic heterocycles. The van der Waals surface area contributed by atoms with Crippen LogP contribution in [0.1, 0.15) is 93.1 Å². The third-order valence-corrected chi connectivity index (χ3v) is 6.26. The first-order chi connectivity index (χ1) is 16.0. The predicted molar refractivity (Wildman–Crippen MR) is 127 cm³/mol. The van der Waals surface area contributed by atoms with Crippen LogP contribution in [0.4, 0.5) is 0 Å². The van der Waals surface area contributed by atoms with Gasteiger partial charge in [-0.2, -0.15) is 0 Å². The van der Waals surface area contributed by atoms with Gasteiger partial charge in [-0.3, -0.25) is 9.59 Å². The van der Waals surface area contributed by atoms with Gasteiger partial charge in [0.2, 0.25) is 5.78 Å². The molecule has 0 bridgehead atoms. The van der Waals surface area contributed by atoms with E-state index in [1.807, 2.05) is 38.1 Å². The summed E-state index contributed by atoms with van der Waals surface area (Å²) in [6.45, 7) is 6.64. The molecule has 174 valence electrons. The van der Waals surface area contributed by atoms with Crippen molar-refractivity contribution in [3.05, 3.63) is 64.4 Å². The first-order valence-electron chi connectivity index (χ1n) is 12.0. The number of hydrogen-bond acceptors (Lipinski definition) is 5. The van der Waals surface area contributed by atoms with Crippen molar-refractivity contribution in [2.24, 2.45) is 0 Å². The minimum absolute atomic E-state index is 0.123. The Morgan fingerprint density at radius 2 is 1.67 bits per heavy atom. The predicted octanol–water partition coefficient (Wildman–Crippen LogP) is 6.74. The molecular weight excluding hydrogens is 416 g/mol. The number of hydrogen-bond donors (Lipinski definition) is 0. The quantitative estimate of drug-likeness (QED) is 0.184. The molecule has 2 aromatic carbocycles. The van der Waals surface area contributed by atoms with E-state index in [1.54, 1.807) is 12.1 Å². The van der Waals surface area contributed by atoms with Crippen molar-refractivity contribution >= 4 is 11.8 Å². The Kier molecular flexibility index (Phi) is 7.17. The molecule has 2 heterocycles. The maximum Gasteiger partial charge on any atom is 0.312 e. The molecule has 2 aromatic rings. The van der Waals surface area contributed by atoms with Crippen LogP contribution in [-0.4, -0.2) is 18.4 Å². The minimum Gasteiger partial charge on any atom is -0.494 e. The van der Waals surface area contributed by atoms with Crippen molar-refractivity contribution in [3.63, 3.8) is 0 Å². The Morgan fingerprint density at radius 1 is 0.939 bits per heavy atom. The topological polar surface area (TPSA) is 61.8 Å². The molecule has 0 amide bonds. The van der Waals surface area contributed by atoms with Crippen molar-refractivity contribution in [1.82, 2.24) is 0 Å². The van der Waals surface area contributed by atoms with E-state index in [1.165, 1.54) is 32.1 Å². The van der Waals surface area contributed by atoms with Crippen LogP contribution < -0.4 is 14.2 Å². The number of ketones is 1. The normalized spacial score (nSPS) is 16.7. The minimum atomic E-state index is -0.289. The fourth-order valence-electron chi connectivity index (χ4n) is 4.48. The van der Waals surface area contributed by atoms with Crippen LogP contribution in [0.3, 0.4) is 0 Å². The zero-order valence-corrected chi connectivity index (χ0v) is 19.7. The maximum absolute atomic E-state index is 12.8. The fourth-order valence-corrected chi connectivity index (χ4v) is 4.48. The summed E-state index contributed by atoms with van der Waals surface area (Å²) in [4.78, 5) is 25.1. The Balaban J connectivity index is 1.50. The molecule has 0 fully saturated rings. The Hall–Kier alpha value is -3.08. The molecule has 33 heavy (non-hydrogen) atoms. The number of fused-ring (bicyclic) bond motifs is 3. The van der Waals surface area contributed by atoms with Gasteiger partial charge in [0, 0.05) is 11.5 Å². The second-order valence-electron chi connectivity index (χ2n) is 9.03. The first kappa shape index (κ1) is 23.1. The zero-order valence-electron chi connectivity index (χ0n) is 19.7. The SMILES string of the molecule is CCCCCCCCOc1ccc([C@@H]2CC(=O)Oc3ccc4c(c32)OC(=C(C)C)C4=O)cc1. The number of allylic oxidation sites excluding steroid dienone is 2. The van der Waals surface area contributed by atoms with E-state index in [4.69, 9.17) is 14.2 Å². The standard InChI is InChI=1S/C28H32O5/c1-4-5-6-7-8-9-16-31-20-12-10-19(11-13-20)22-17-24(29)32-23-15-14-21-26(30)27(18(2)3)33-28(21)25(22)23/h10-15,22H,4-9,16-17H2,1-3H3/t22-/m0/s1. The summed E-state index contributed by atoms with van der Waals surface area (Å²) < 4.78 is 17.4. The third-order valence-electron chi connectivity index (χ3n) is 6.26. The van der Waals surface area contributed by atoms with Crippen molar-refractivity contribution in [2.45, 2.75) is 71.6 Å². The third kappa shape index (κ3) is 4.97. The largest absolute Gasteiger partial charge is 0.494 e. The highest BCUT2D eigenvalue weighted by molar-refractivity contribution is 6.13. The number of unbranched alkanes of at least 4 members (excludes halogenated alkanes) is 5. The van der Waals surface area contributed by atoms with Crippen LogP contribution in [0.5, 0.6) is 17.2 Å². The molecule has 0 saturated carbocycles. The molecule has 5 nitrogen and oxygen atoms in total. The van der Waals surface area contributed by atoms with E-state index in [0.29, 0.717) is 29.4 Å². The Labute approximate surface area is 195 Å². The zero-order chi connectivity index (χ0) is 23.4. The number of Topliss-reactive ketones (excluding diaryl/α,β-unsaturated/α-hetero) is 1. The fraction of sp³-hybridized carbons (Fsp3) is 0.429. The van der Waals surface area contributed by atoms with Crippen molar-refractivity contribution in [3.8, 4) is 17.2 Å². The van der Waals surface area contributed by atoms with Gasteiger partial charge in [-0.1, -0.05) is 51.2 Å². The van der Waals surface area contributed by atoms with E-state index in [0.717, 1.165) is 28.9 Å². The number of carbonyl (C=O) groups excluding carboxylic acids is 2. The maximum atomic E-state index is 12.8. The Morgan fingerprint density at radius 3 is 2.39 bits per heavy atom. The molecule has 0 N–H and O–H groups in total. The van der Waals surface area contributed by atoms with Crippen LogP contribution in [0.15, 0.2) is 47.7 Å². The van der Waals surface area contributed by atoms with Gasteiger partial charge < -0.3 is 14.2 Å². The van der Waals surface area contributed by atoms with Gasteiger partial charge in [0.05, 0.1) is 18.6 Å². The van der Waals surface area contributed by atoms with Crippen LogP contribution in [0, 0.1) is 0 Å². The number of benzene rings is 2. The number of esters is 1. The van der Waals surface area contributed by atoms with Crippen molar-refractivity contribution in [2.75, 3.05) is 6.61 Å². The summed E-state index contributed by atoms with van der Waals surface area (Å²) in [6.07, 6.45) is 7.56. The molecule has 0 saturated heterocycles. The van der Waals surface area contributed by atoms with E-state index < -0.39 is 0 Å². The highest BCUT2D eigenvalue weighted by Gasteiger charge is 2.38. The average molecular weight is 449 g/mol. The van der Waals surface area contributed by atoms with Crippen LogP contribution in [0.25, 0.3) is 0 Å². The highest BCUT2D eigenvalue weighted by Crippen LogP contribution is 2.49. The van der Waals surface area contributed by atoms with E-state index in [-0.39, 0.29) is 24.1 Å². The summed E-state index contributed by atoms with van der Waals surface area (Å²) in [6, 6.07) is 11.3. The van der Waals surface area contributed by atoms with Gasteiger partial charge in [0.1, 0.15) is 17.2 Å². The van der Waals surface area contributed by atoms with E-state index >= 15 is 0 Å². The molecule has 0 aliphatic carbocycles. The second kappa shape index (κ2) is 10.2. The molecule has 2 aliphatic heterocycles. The molecule has 0 radical (unpaired) electrons. The highest BCUT2D eigenvalue weighted by atomic mass is 16.5. The van der Waals surface area contributed by atoms with Crippen molar-refractivity contribution in [1.29, 1.82) is 0 Å². The number of ether oxygens (including phenoxy) is 3. The lowest BCUT2D eigenvalue weighted by molar-refractivity contribution is -0.135. The van der Waals surface area contributed by atoms with Crippen LogP contribution in [-0.2, 0) is 4.79 Å². The van der Waals surface area contributed by atoms with Gasteiger partial charge in [-0.05, 0) is 55.7 Å². The van der Waals surface area contributed by atoms with Gasteiger partial charge >= 0.3 is 5.97 Å². The smallest absolute Gasteiger partial charge is 0.312 e. The summed E-state index contributed by atoms with van der Waals surface area (Å²) in [5, 5.41) is 0. The van der Waals surface area contributed by atoms with Gasteiger partial charge in [-0.15, -0.1) is 0 Å².